The molecule has 3 heterocycles. The normalized spacial score (nSPS) is 18.7. The Morgan fingerprint density at radius 3 is 2.92 bits per heavy atom. The molecular weight excluding hydrogens is 300 g/mol. The van der Waals surface area contributed by atoms with E-state index in [2.05, 4.69) is 44.7 Å². The number of likely N-dealkylation sites (tertiary alicyclic amines) is 1. The van der Waals surface area contributed by atoms with E-state index in [0.717, 1.165) is 47.8 Å². The number of nitrogens with zero attached hydrogens (tertiary/aromatic N) is 5. The molecule has 0 aliphatic carbocycles. The molecule has 2 aromatic heterocycles. The van der Waals surface area contributed by atoms with E-state index < -0.39 is 0 Å². The van der Waals surface area contributed by atoms with Crippen molar-refractivity contribution in [3.8, 4) is 0 Å². The number of fused-ring (bicyclic) bond motifs is 3. The second-order valence-corrected chi connectivity index (χ2v) is 6.38. The van der Waals surface area contributed by atoms with Crippen LogP contribution in [0.25, 0.3) is 16.7 Å². The Balaban J connectivity index is 1.73. The van der Waals surface area contributed by atoms with Gasteiger partial charge in [-0.3, -0.25) is 9.30 Å². The maximum Gasteiger partial charge on any atom is 0.204 e. The van der Waals surface area contributed by atoms with Crippen LogP contribution in [0.3, 0.4) is 0 Å². The molecule has 0 saturated carbocycles. The van der Waals surface area contributed by atoms with Crippen molar-refractivity contribution in [1.29, 1.82) is 0 Å². The zero-order valence-electron chi connectivity index (χ0n) is 14.4. The average molecular weight is 324 g/mol. The first-order valence-electron chi connectivity index (χ1n) is 8.92. The molecule has 0 bridgehead atoms. The molecule has 0 amide bonds. The summed E-state index contributed by atoms with van der Waals surface area (Å²) in [7, 11) is 0. The van der Waals surface area contributed by atoms with Crippen LogP contribution in [-0.4, -0.2) is 50.2 Å². The van der Waals surface area contributed by atoms with Crippen molar-refractivity contribution in [3.05, 3.63) is 30.1 Å². The Morgan fingerprint density at radius 1 is 1.21 bits per heavy atom. The zero-order valence-corrected chi connectivity index (χ0v) is 14.4. The third-order valence-corrected chi connectivity index (χ3v) is 5.02. The fraction of sp³-hybridized carbons (Fsp3) is 0.500. The summed E-state index contributed by atoms with van der Waals surface area (Å²) in [6, 6.07) is 8.77. The molecule has 4 rings (SSSR count). The molecule has 6 nitrogen and oxygen atoms in total. The fourth-order valence-electron chi connectivity index (χ4n) is 3.75. The molecule has 3 aromatic rings. The van der Waals surface area contributed by atoms with Gasteiger partial charge in [0.15, 0.2) is 5.82 Å². The minimum atomic E-state index is 0.580. The first-order chi connectivity index (χ1) is 11.8. The van der Waals surface area contributed by atoms with Gasteiger partial charge in [0.2, 0.25) is 5.65 Å². The van der Waals surface area contributed by atoms with Crippen LogP contribution >= 0.6 is 0 Å². The van der Waals surface area contributed by atoms with Crippen molar-refractivity contribution in [3.63, 3.8) is 0 Å². The van der Waals surface area contributed by atoms with Gasteiger partial charge in [-0.05, 0) is 38.1 Å². The monoisotopic (exact) mass is 324 g/mol. The van der Waals surface area contributed by atoms with Gasteiger partial charge in [0, 0.05) is 19.0 Å². The van der Waals surface area contributed by atoms with Crippen molar-refractivity contribution in [2.75, 3.05) is 25.0 Å². The highest BCUT2D eigenvalue weighted by Gasteiger charge is 2.23. The smallest absolute Gasteiger partial charge is 0.204 e. The van der Waals surface area contributed by atoms with Crippen LogP contribution in [0.4, 0.5) is 5.82 Å². The molecule has 1 aliphatic heterocycles. The van der Waals surface area contributed by atoms with E-state index in [1.165, 1.54) is 19.4 Å². The molecule has 24 heavy (non-hydrogen) atoms. The third-order valence-electron chi connectivity index (χ3n) is 5.02. The summed E-state index contributed by atoms with van der Waals surface area (Å²) >= 11 is 0. The predicted octanol–water partition coefficient (Wildman–Crippen LogP) is 2.74. The van der Waals surface area contributed by atoms with Gasteiger partial charge in [-0.2, -0.15) is 0 Å². The summed E-state index contributed by atoms with van der Waals surface area (Å²) in [5, 5.41) is 12.3. The van der Waals surface area contributed by atoms with Gasteiger partial charge in [0.1, 0.15) is 5.82 Å². The number of hydrogen-bond donors (Lipinski definition) is 1. The third kappa shape index (κ3) is 2.51. The molecule has 0 spiro atoms. The lowest BCUT2D eigenvalue weighted by Crippen LogP contribution is -2.34. The van der Waals surface area contributed by atoms with Gasteiger partial charge in [-0.25, -0.2) is 4.98 Å². The largest absolute Gasteiger partial charge is 0.365 e. The maximum absolute atomic E-state index is 4.81. The van der Waals surface area contributed by atoms with Crippen molar-refractivity contribution >= 4 is 22.5 Å². The highest BCUT2D eigenvalue weighted by molar-refractivity contribution is 5.82. The molecule has 1 N–H and O–H groups in total. The summed E-state index contributed by atoms with van der Waals surface area (Å²) in [4.78, 5) is 7.34. The molecular formula is C18H24N6. The zero-order chi connectivity index (χ0) is 16.5. The average Bonchev–Trinajstić information content (AvgIpc) is 3.26. The Kier molecular flexibility index (Phi) is 4.06. The quantitative estimate of drug-likeness (QED) is 0.782. The molecule has 0 unspecified atom stereocenters. The number of aryl methyl sites for hydroxylation is 1. The number of benzene rings is 1. The second-order valence-electron chi connectivity index (χ2n) is 6.38. The van der Waals surface area contributed by atoms with Gasteiger partial charge in [0.05, 0.1) is 11.0 Å². The fourth-order valence-corrected chi connectivity index (χ4v) is 3.75. The predicted molar refractivity (Wildman–Crippen MR) is 96.4 cm³/mol. The van der Waals surface area contributed by atoms with E-state index in [1.54, 1.807) is 0 Å². The van der Waals surface area contributed by atoms with Crippen LogP contribution in [0, 0.1) is 0 Å². The number of hydrogen-bond acceptors (Lipinski definition) is 5. The Labute approximate surface area is 141 Å². The van der Waals surface area contributed by atoms with Gasteiger partial charge in [-0.1, -0.05) is 26.0 Å². The summed E-state index contributed by atoms with van der Waals surface area (Å²) < 4.78 is 2.14. The lowest BCUT2D eigenvalue weighted by Gasteiger charge is -2.23. The van der Waals surface area contributed by atoms with Gasteiger partial charge in [-0.15, -0.1) is 10.2 Å². The SMILES string of the molecule is CCc1nnc2c(NC[C@H]3CCCN3CC)nc3ccccc3n12. The molecule has 6 heteroatoms. The number of rotatable bonds is 5. The summed E-state index contributed by atoms with van der Waals surface area (Å²) in [6.45, 7) is 7.56. The van der Waals surface area contributed by atoms with Crippen molar-refractivity contribution in [2.45, 2.75) is 39.2 Å². The second kappa shape index (κ2) is 6.36. The Hall–Kier alpha value is -2.21. The lowest BCUT2D eigenvalue weighted by atomic mass is 10.2. The van der Waals surface area contributed by atoms with Crippen molar-refractivity contribution in [1.82, 2.24) is 24.5 Å². The topological polar surface area (TPSA) is 58.4 Å². The molecule has 1 saturated heterocycles. The van der Waals surface area contributed by atoms with Crippen LogP contribution in [0.2, 0.25) is 0 Å². The number of nitrogens with one attached hydrogen (secondary N) is 1. The highest BCUT2D eigenvalue weighted by atomic mass is 15.3. The van der Waals surface area contributed by atoms with Crippen LogP contribution in [0.1, 0.15) is 32.5 Å². The van der Waals surface area contributed by atoms with Gasteiger partial charge < -0.3 is 5.32 Å². The standard InChI is InChI=1S/C18H24N6/c1-3-16-21-22-18-17(19-12-13-8-7-11-23(13)4-2)20-14-9-5-6-10-15(14)24(16)18/h5-6,9-10,13H,3-4,7-8,11-12H2,1-2H3,(H,19,20)/t13-/m1/s1. The Morgan fingerprint density at radius 2 is 2.08 bits per heavy atom. The van der Waals surface area contributed by atoms with Crippen LogP contribution in [0.5, 0.6) is 0 Å². The number of likely N-dealkylation sites (N-methyl/N-ethyl adjacent to an activating group) is 1. The molecule has 1 atom stereocenters. The molecule has 0 radical (unpaired) electrons. The minimum absolute atomic E-state index is 0.580. The minimum Gasteiger partial charge on any atom is -0.365 e. The highest BCUT2D eigenvalue weighted by Crippen LogP contribution is 2.23. The van der Waals surface area contributed by atoms with E-state index in [-0.39, 0.29) is 0 Å². The van der Waals surface area contributed by atoms with Crippen molar-refractivity contribution in [2.24, 2.45) is 0 Å². The van der Waals surface area contributed by atoms with E-state index in [4.69, 9.17) is 4.98 Å². The van der Waals surface area contributed by atoms with Gasteiger partial charge in [0.25, 0.3) is 0 Å². The van der Waals surface area contributed by atoms with E-state index in [9.17, 15) is 0 Å². The van der Waals surface area contributed by atoms with Gasteiger partial charge >= 0.3 is 0 Å². The molecule has 1 fully saturated rings. The number of anilines is 1. The van der Waals surface area contributed by atoms with Crippen LogP contribution < -0.4 is 5.32 Å². The maximum atomic E-state index is 4.81. The summed E-state index contributed by atoms with van der Waals surface area (Å²) in [5.74, 6) is 1.81. The van der Waals surface area contributed by atoms with E-state index >= 15 is 0 Å². The first kappa shape index (κ1) is 15.3. The first-order valence-corrected chi connectivity index (χ1v) is 8.92. The summed E-state index contributed by atoms with van der Waals surface area (Å²) in [5.41, 5.74) is 2.86. The summed E-state index contributed by atoms with van der Waals surface area (Å²) in [6.07, 6.45) is 3.38. The van der Waals surface area contributed by atoms with E-state index in [1.807, 2.05) is 18.2 Å². The Bertz CT molecular complexity index is 855. The lowest BCUT2D eigenvalue weighted by molar-refractivity contribution is 0.277. The molecule has 1 aromatic carbocycles. The number of para-hydroxylation sites is 2. The molecule has 1 aliphatic rings. The van der Waals surface area contributed by atoms with Crippen LogP contribution in [-0.2, 0) is 6.42 Å². The molecule has 126 valence electrons. The number of aromatic nitrogens is 4. The van der Waals surface area contributed by atoms with Crippen LogP contribution in [0.15, 0.2) is 24.3 Å². The van der Waals surface area contributed by atoms with E-state index in [0.29, 0.717) is 6.04 Å². The van der Waals surface area contributed by atoms with Crippen molar-refractivity contribution < 1.29 is 0 Å².